The van der Waals surface area contributed by atoms with Crippen LogP contribution in [0, 0.1) is 4.77 Å². The molecule has 0 fully saturated rings. The second kappa shape index (κ2) is 3.45. The molecule has 1 aromatic rings. The second-order valence-electron chi connectivity index (χ2n) is 1.38. The number of hydrogen-bond donors (Lipinski definition) is 1. The third-order valence-corrected chi connectivity index (χ3v) is 1.23. The maximum atomic E-state index is 4.79. The number of aromatic nitrogens is 2. The molecule has 0 saturated carbocycles. The Morgan fingerprint density at radius 2 is 2.38 bits per heavy atom. The van der Waals surface area contributed by atoms with Crippen molar-refractivity contribution in [2.24, 2.45) is 7.05 Å². The molecule has 1 heterocycles. The summed E-state index contributed by atoms with van der Waals surface area (Å²) in [7, 11) is 1.90. The molecular formula is C4H6N2NaS+. The first-order valence-corrected chi connectivity index (χ1v) is 2.41. The molecule has 0 aliphatic rings. The summed E-state index contributed by atoms with van der Waals surface area (Å²) in [6.07, 6.45) is 3.69. The van der Waals surface area contributed by atoms with Crippen LogP contribution >= 0.6 is 12.2 Å². The van der Waals surface area contributed by atoms with Crippen LogP contribution in [0.1, 0.15) is 0 Å². The van der Waals surface area contributed by atoms with Gasteiger partial charge in [0.1, 0.15) is 0 Å². The number of H-pyrrole nitrogens is 1. The van der Waals surface area contributed by atoms with Crippen LogP contribution in [-0.2, 0) is 7.05 Å². The number of rotatable bonds is 0. The van der Waals surface area contributed by atoms with E-state index in [0.29, 0.717) is 0 Å². The van der Waals surface area contributed by atoms with E-state index in [1.54, 1.807) is 0 Å². The van der Waals surface area contributed by atoms with Crippen molar-refractivity contribution in [3.05, 3.63) is 17.2 Å². The Labute approximate surface area is 75.2 Å². The zero-order chi connectivity index (χ0) is 5.28. The van der Waals surface area contributed by atoms with Gasteiger partial charge in [-0.15, -0.1) is 0 Å². The molecule has 0 aliphatic heterocycles. The van der Waals surface area contributed by atoms with E-state index in [1.165, 1.54) is 0 Å². The molecule has 0 amide bonds. The number of hydrogen-bond acceptors (Lipinski definition) is 1. The molecule has 1 rings (SSSR count). The molecule has 0 bridgehead atoms. The van der Waals surface area contributed by atoms with Crippen molar-refractivity contribution in [1.82, 2.24) is 9.55 Å². The monoisotopic (exact) mass is 137 g/mol. The van der Waals surface area contributed by atoms with Gasteiger partial charge < -0.3 is 9.55 Å². The minimum atomic E-state index is 0. The first-order chi connectivity index (χ1) is 3.30. The third-order valence-electron chi connectivity index (χ3n) is 0.825. The third kappa shape index (κ3) is 1.74. The Morgan fingerprint density at radius 1 is 1.75 bits per heavy atom. The molecule has 0 aromatic carbocycles. The zero-order valence-electron chi connectivity index (χ0n) is 5.01. The normalized spacial score (nSPS) is 8.12. The molecule has 0 aliphatic carbocycles. The summed E-state index contributed by atoms with van der Waals surface area (Å²) < 4.78 is 2.61. The van der Waals surface area contributed by atoms with Gasteiger partial charge in [0, 0.05) is 19.4 Å². The average molecular weight is 137 g/mol. The number of aryl methyl sites for hydroxylation is 1. The predicted octanol–water partition coefficient (Wildman–Crippen LogP) is -1.91. The fourth-order valence-corrected chi connectivity index (χ4v) is 0.519. The summed E-state index contributed by atoms with van der Waals surface area (Å²) in [5.74, 6) is 0. The molecule has 0 saturated heterocycles. The Balaban J connectivity index is 0.000000490. The van der Waals surface area contributed by atoms with Crippen LogP contribution in [0.2, 0.25) is 0 Å². The molecule has 0 atom stereocenters. The molecule has 8 heavy (non-hydrogen) atoms. The summed E-state index contributed by atoms with van der Waals surface area (Å²) in [4.78, 5) is 2.85. The fourth-order valence-electron chi connectivity index (χ4n) is 0.390. The van der Waals surface area contributed by atoms with Crippen LogP contribution in [0.3, 0.4) is 0 Å². The minimum absolute atomic E-state index is 0. The van der Waals surface area contributed by atoms with Crippen molar-refractivity contribution in [3.63, 3.8) is 0 Å². The van der Waals surface area contributed by atoms with E-state index in [9.17, 15) is 0 Å². The number of aromatic amines is 1. The first kappa shape index (κ1) is 8.43. The number of nitrogens with zero attached hydrogens (tertiary/aromatic N) is 1. The van der Waals surface area contributed by atoms with Crippen LogP contribution in [0.25, 0.3) is 0 Å². The average Bonchev–Trinajstić information content (AvgIpc) is 1.91. The van der Waals surface area contributed by atoms with Gasteiger partial charge >= 0.3 is 29.6 Å². The summed E-state index contributed by atoms with van der Waals surface area (Å²) in [6, 6.07) is 0. The van der Waals surface area contributed by atoms with E-state index < -0.39 is 0 Å². The van der Waals surface area contributed by atoms with Gasteiger partial charge in [0.2, 0.25) is 0 Å². The van der Waals surface area contributed by atoms with Gasteiger partial charge in [-0.2, -0.15) is 0 Å². The molecule has 4 heteroatoms. The molecule has 0 unspecified atom stereocenters. The second-order valence-corrected chi connectivity index (χ2v) is 1.76. The topological polar surface area (TPSA) is 20.7 Å². The zero-order valence-corrected chi connectivity index (χ0v) is 7.83. The molecule has 1 N–H and O–H groups in total. The quantitative estimate of drug-likeness (QED) is 0.327. The Bertz CT molecular complexity index is 202. The summed E-state index contributed by atoms with van der Waals surface area (Å²) in [6.45, 7) is 0. The van der Waals surface area contributed by atoms with Gasteiger partial charge in [-0.25, -0.2) is 0 Å². The Kier molecular flexibility index (Phi) is 3.64. The van der Waals surface area contributed by atoms with E-state index in [4.69, 9.17) is 12.2 Å². The summed E-state index contributed by atoms with van der Waals surface area (Å²) in [5.41, 5.74) is 0. The van der Waals surface area contributed by atoms with Gasteiger partial charge in [-0.1, -0.05) is 0 Å². The van der Waals surface area contributed by atoms with Gasteiger partial charge in [-0.05, 0) is 12.2 Å². The molecular weight excluding hydrogens is 131 g/mol. The van der Waals surface area contributed by atoms with Crippen molar-refractivity contribution in [1.29, 1.82) is 0 Å². The molecule has 2 nitrogen and oxygen atoms in total. The van der Waals surface area contributed by atoms with Crippen LogP contribution in [0.15, 0.2) is 12.4 Å². The van der Waals surface area contributed by atoms with Crippen LogP contribution < -0.4 is 29.6 Å². The van der Waals surface area contributed by atoms with E-state index >= 15 is 0 Å². The Morgan fingerprint density at radius 3 is 2.50 bits per heavy atom. The summed E-state index contributed by atoms with van der Waals surface area (Å²) >= 11 is 4.79. The molecule has 0 spiro atoms. The van der Waals surface area contributed by atoms with Crippen molar-refractivity contribution >= 4 is 12.2 Å². The van der Waals surface area contributed by atoms with Crippen molar-refractivity contribution in [2.45, 2.75) is 0 Å². The maximum absolute atomic E-state index is 4.79. The van der Waals surface area contributed by atoms with Gasteiger partial charge in [0.15, 0.2) is 4.77 Å². The molecule has 38 valence electrons. The van der Waals surface area contributed by atoms with Crippen LogP contribution in [0.5, 0.6) is 0 Å². The summed E-state index contributed by atoms with van der Waals surface area (Å²) in [5, 5.41) is 0. The number of imidazole rings is 1. The van der Waals surface area contributed by atoms with E-state index in [1.807, 2.05) is 24.0 Å². The van der Waals surface area contributed by atoms with Crippen molar-refractivity contribution in [2.75, 3.05) is 0 Å². The minimum Gasteiger partial charge on any atom is -0.337 e. The first-order valence-electron chi connectivity index (χ1n) is 2.01. The van der Waals surface area contributed by atoms with Crippen molar-refractivity contribution < 1.29 is 29.6 Å². The van der Waals surface area contributed by atoms with E-state index in [2.05, 4.69) is 4.98 Å². The number of nitrogens with one attached hydrogen (secondary N) is 1. The predicted molar refractivity (Wildman–Crippen MR) is 30.6 cm³/mol. The van der Waals surface area contributed by atoms with E-state index in [0.717, 1.165) is 4.77 Å². The van der Waals surface area contributed by atoms with Gasteiger partial charge in [-0.3, -0.25) is 0 Å². The fraction of sp³-hybridized carbons (Fsp3) is 0.250. The van der Waals surface area contributed by atoms with Gasteiger partial charge in [0.25, 0.3) is 0 Å². The standard InChI is InChI=1S/C4H6N2S.Na/c1-6-3-2-5-4(6)7;/h2-3H,1H3,(H,5,7);/q;+1. The molecule has 1 aromatic heterocycles. The van der Waals surface area contributed by atoms with Crippen LogP contribution in [0.4, 0.5) is 0 Å². The Hall–Kier alpha value is 0.430. The smallest absolute Gasteiger partial charge is 0.337 e. The largest absolute Gasteiger partial charge is 1.00 e. The maximum Gasteiger partial charge on any atom is 1.00 e. The van der Waals surface area contributed by atoms with Gasteiger partial charge in [0.05, 0.1) is 0 Å². The van der Waals surface area contributed by atoms with Crippen molar-refractivity contribution in [3.8, 4) is 0 Å². The SMILES string of the molecule is Cn1cc[nH]c1=S.[Na+]. The van der Waals surface area contributed by atoms with Crippen LogP contribution in [-0.4, -0.2) is 9.55 Å². The van der Waals surface area contributed by atoms with E-state index in [-0.39, 0.29) is 29.6 Å². The molecule has 0 radical (unpaired) electrons.